The molecule has 1 aromatic heterocycles. The molecule has 7 nitrogen and oxygen atoms in total. The molecule has 0 unspecified atom stereocenters. The van der Waals surface area contributed by atoms with Crippen molar-refractivity contribution in [2.24, 2.45) is 0 Å². The fourth-order valence-electron chi connectivity index (χ4n) is 4.52. The number of urea groups is 1. The lowest BCUT2D eigenvalue weighted by Crippen LogP contribution is -2.36. The van der Waals surface area contributed by atoms with Crippen molar-refractivity contribution >= 4 is 33.1 Å². The van der Waals surface area contributed by atoms with Gasteiger partial charge in [-0.1, -0.05) is 0 Å². The maximum absolute atomic E-state index is 12.8. The van der Waals surface area contributed by atoms with E-state index in [9.17, 15) is 18.3 Å². The lowest BCUT2D eigenvalue weighted by Gasteiger charge is -2.19. The number of rotatable bonds is 4. The topological polar surface area (TPSA) is 108 Å². The van der Waals surface area contributed by atoms with Crippen molar-refractivity contribution in [1.29, 1.82) is 0 Å². The van der Waals surface area contributed by atoms with E-state index in [4.69, 9.17) is 0 Å². The van der Waals surface area contributed by atoms with Gasteiger partial charge in [0.1, 0.15) is 11.3 Å². The molecule has 0 atom stereocenters. The van der Waals surface area contributed by atoms with Crippen LogP contribution in [0.2, 0.25) is 0 Å². The lowest BCUT2D eigenvalue weighted by molar-refractivity contribution is 0.0716. The molecular formula is C20H25N3O4S2. The maximum Gasteiger partial charge on any atom is 0.333 e. The number of carbonyl (C=O) groups excluding carboxylic acids is 1. The van der Waals surface area contributed by atoms with E-state index in [-0.39, 0.29) is 9.90 Å². The predicted octanol–water partition coefficient (Wildman–Crippen LogP) is 3.17. The van der Waals surface area contributed by atoms with Gasteiger partial charge in [-0.2, -0.15) is 0 Å². The number of fused-ring (bicyclic) bond motifs is 2. The minimum absolute atomic E-state index is 0.0277. The number of hydrogen-bond acceptors (Lipinski definition) is 6. The Balaban J connectivity index is 1.63. The van der Waals surface area contributed by atoms with E-state index in [1.165, 1.54) is 36.0 Å². The van der Waals surface area contributed by atoms with Crippen LogP contribution in [-0.4, -0.2) is 24.5 Å². The summed E-state index contributed by atoms with van der Waals surface area (Å²) in [6.45, 7) is 5.07. The molecule has 156 valence electrons. The zero-order valence-corrected chi connectivity index (χ0v) is 18.4. The van der Waals surface area contributed by atoms with Crippen LogP contribution in [0.1, 0.15) is 60.2 Å². The minimum Gasteiger partial charge on any atom is -0.384 e. The largest absolute Gasteiger partial charge is 0.384 e. The Labute approximate surface area is 174 Å². The van der Waals surface area contributed by atoms with Crippen LogP contribution in [0, 0.1) is 6.92 Å². The molecule has 3 N–H and O–H groups in total. The van der Waals surface area contributed by atoms with Crippen molar-refractivity contribution in [1.82, 2.24) is 9.71 Å². The highest BCUT2D eigenvalue weighted by Crippen LogP contribution is 2.41. The zero-order chi connectivity index (χ0) is 21.0. The maximum atomic E-state index is 12.8. The van der Waals surface area contributed by atoms with Gasteiger partial charge in [-0.15, -0.1) is 11.3 Å². The molecule has 0 bridgehead atoms. The van der Waals surface area contributed by atoms with E-state index in [0.717, 1.165) is 66.7 Å². The summed E-state index contributed by atoms with van der Waals surface area (Å²) in [5, 5.41) is 13.0. The van der Waals surface area contributed by atoms with Crippen LogP contribution in [0.3, 0.4) is 0 Å². The summed E-state index contributed by atoms with van der Waals surface area (Å²) >= 11 is 0.872. The number of hydrogen-bond donors (Lipinski definition) is 3. The van der Waals surface area contributed by atoms with Crippen LogP contribution in [0.5, 0.6) is 0 Å². The summed E-state index contributed by atoms with van der Waals surface area (Å²) < 4.78 is 27.5. The molecule has 0 saturated carbocycles. The molecule has 2 aromatic rings. The molecular weight excluding hydrogens is 410 g/mol. The summed E-state index contributed by atoms with van der Waals surface area (Å²) in [7, 11) is -4.15. The zero-order valence-electron chi connectivity index (χ0n) is 16.8. The number of sulfonamides is 1. The number of nitrogens with one attached hydrogen (secondary N) is 2. The first-order chi connectivity index (χ1) is 13.6. The second kappa shape index (κ2) is 7.07. The number of aliphatic hydroxyl groups is 1. The quantitative estimate of drug-likeness (QED) is 0.684. The normalized spacial score (nSPS) is 15.9. The molecule has 0 aliphatic heterocycles. The third-order valence-electron chi connectivity index (χ3n) is 5.77. The molecule has 1 heterocycles. The summed E-state index contributed by atoms with van der Waals surface area (Å²) in [5.41, 5.74) is 6.96. The van der Waals surface area contributed by atoms with E-state index < -0.39 is 21.7 Å². The van der Waals surface area contributed by atoms with E-state index in [1.54, 1.807) is 0 Å². The van der Waals surface area contributed by atoms with Gasteiger partial charge < -0.3 is 10.4 Å². The van der Waals surface area contributed by atoms with Crippen molar-refractivity contribution in [2.75, 3.05) is 5.32 Å². The first-order valence-electron chi connectivity index (χ1n) is 9.76. The van der Waals surface area contributed by atoms with Crippen LogP contribution in [0.25, 0.3) is 0 Å². The lowest BCUT2D eigenvalue weighted by atomic mass is 9.93. The number of carbonyl (C=O) groups is 1. The smallest absolute Gasteiger partial charge is 0.333 e. The molecule has 4 rings (SSSR count). The fourth-order valence-corrected chi connectivity index (χ4v) is 6.90. The molecule has 2 aliphatic carbocycles. The average molecular weight is 436 g/mol. The Kier molecular flexibility index (Phi) is 4.95. The highest BCUT2D eigenvalue weighted by molar-refractivity contribution is 7.92. The number of amides is 2. The molecule has 0 spiro atoms. The molecule has 9 heteroatoms. The summed E-state index contributed by atoms with van der Waals surface area (Å²) in [5.74, 6) is 0. The number of aromatic nitrogens is 1. The molecule has 2 aliphatic rings. The van der Waals surface area contributed by atoms with Gasteiger partial charge in [-0.05, 0) is 87.1 Å². The Morgan fingerprint density at radius 2 is 1.66 bits per heavy atom. The SMILES string of the molecule is Cc1c2c(c(NC(=O)NS(=O)(=O)c3scnc3C(C)(C)O)c3c1CCC3)CCC2. The molecule has 2 amide bonds. The van der Waals surface area contributed by atoms with Crippen molar-refractivity contribution < 1.29 is 18.3 Å². The third-order valence-corrected chi connectivity index (χ3v) is 8.47. The Morgan fingerprint density at radius 1 is 1.10 bits per heavy atom. The van der Waals surface area contributed by atoms with Crippen LogP contribution in [-0.2, 0) is 41.3 Å². The van der Waals surface area contributed by atoms with Crippen molar-refractivity contribution in [3.8, 4) is 0 Å². The number of nitrogens with zero attached hydrogens (tertiary/aromatic N) is 1. The van der Waals surface area contributed by atoms with Gasteiger partial charge in [0, 0.05) is 5.69 Å². The van der Waals surface area contributed by atoms with Crippen molar-refractivity contribution in [3.63, 3.8) is 0 Å². The Hall–Kier alpha value is -1.97. The molecule has 0 saturated heterocycles. The average Bonchev–Trinajstić information content (AvgIpc) is 3.37. The van der Waals surface area contributed by atoms with E-state index in [2.05, 4.69) is 21.9 Å². The van der Waals surface area contributed by atoms with Gasteiger partial charge in [0.05, 0.1) is 5.51 Å². The van der Waals surface area contributed by atoms with Gasteiger partial charge in [0.15, 0.2) is 4.21 Å². The van der Waals surface area contributed by atoms with Crippen molar-refractivity contribution in [3.05, 3.63) is 39.0 Å². The van der Waals surface area contributed by atoms with E-state index >= 15 is 0 Å². The van der Waals surface area contributed by atoms with Gasteiger partial charge in [0.2, 0.25) is 0 Å². The molecule has 0 fully saturated rings. The Bertz CT molecular complexity index is 1060. The minimum atomic E-state index is -4.15. The monoisotopic (exact) mass is 435 g/mol. The van der Waals surface area contributed by atoms with Gasteiger partial charge >= 0.3 is 6.03 Å². The molecule has 29 heavy (non-hydrogen) atoms. The first kappa shape index (κ1) is 20.3. The van der Waals surface area contributed by atoms with E-state index in [1.807, 2.05) is 0 Å². The standard InChI is InChI=1S/C20H25N3O4S2/c1-11-12-6-4-8-14(12)16(15-9-5-7-13(11)15)22-19(24)23-29(26,27)18-17(20(2,3)25)21-10-28-18/h10,25H,4-9H2,1-3H3,(H2,22,23,24). The second-order valence-corrected chi connectivity index (χ2v) is 11.0. The summed E-state index contributed by atoms with van der Waals surface area (Å²) in [6.07, 6.45) is 5.87. The van der Waals surface area contributed by atoms with Gasteiger partial charge in [-0.3, -0.25) is 0 Å². The van der Waals surface area contributed by atoms with Crippen LogP contribution < -0.4 is 10.0 Å². The van der Waals surface area contributed by atoms with Crippen molar-refractivity contribution in [2.45, 2.75) is 69.1 Å². The van der Waals surface area contributed by atoms with Crippen LogP contribution in [0.4, 0.5) is 10.5 Å². The van der Waals surface area contributed by atoms with Crippen LogP contribution in [0.15, 0.2) is 9.72 Å². The first-order valence-corrected chi connectivity index (χ1v) is 12.1. The number of thiazole rings is 1. The highest BCUT2D eigenvalue weighted by atomic mass is 32.2. The Morgan fingerprint density at radius 3 is 2.21 bits per heavy atom. The predicted molar refractivity (Wildman–Crippen MR) is 112 cm³/mol. The second-order valence-electron chi connectivity index (χ2n) is 8.23. The summed E-state index contributed by atoms with van der Waals surface area (Å²) in [6, 6.07) is -0.785. The fraction of sp³-hybridized carbons (Fsp3) is 0.500. The number of anilines is 1. The molecule has 0 radical (unpaired) electrons. The van der Waals surface area contributed by atoms with Crippen LogP contribution >= 0.6 is 11.3 Å². The number of benzene rings is 1. The van der Waals surface area contributed by atoms with Gasteiger partial charge in [0.25, 0.3) is 10.0 Å². The van der Waals surface area contributed by atoms with Gasteiger partial charge in [-0.25, -0.2) is 22.9 Å². The third kappa shape index (κ3) is 3.55. The highest BCUT2D eigenvalue weighted by Gasteiger charge is 2.33. The van der Waals surface area contributed by atoms with E-state index in [0.29, 0.717) is 0 Å². The molecule has 1 aromatic carbocycles. The summed E-state index contributed by atoms with van der Waals surface area (Å²) in [4.78, 5) is 16.7.